The summed E-state index contributed by atoms with van der Waals surface area (Å²) in [4.78, 5) is 11.6. The standard InChI is InChI=1S/C17H21F2NO4.ClH/c1-22-16(21)13-6-12(8-20-13)11-4-5-14(24-17(18)19)15(7-11)23-9-10-2-3-10;/h4-5,7,10,12-13,17,20H,2-3,6,8-9H2,1H3;1H. The highest BCUT2D eigenvalue weighted by Gasteiger charge is 2.31. The van der Waals surface area contributed by atoms with Crippen molar-refractivity contribution in [2.75, 3.05) is 20.3 Å². The summed E-state index contributed by atoms with van der Waals surface area (Å²) in [6.45, 7) is -1.76. The van der Waals surface area contributed by atoms with Gasteiger partial charge in [0, 0.05) is 6.54 Å². The van der Waals surface area contributed by atoms with Crippen molar-refractivity contribution in [3.8, 4) is 11.5 Å². The number of methoxy groups -OCH3 is 1. The fourth-order valence-electron chi connectivity index (χ4n) is 2.89. The smallest absolute Gasteiger partial charge is 0.387 e. The Morgan fingerprint density at radius 3 is 2.72 bits per heavy atom. The molecule has 2 aliphatic rings. The van der Waals surface area contributed by atoms with Crippen LogP contribution in [0.25, 0.3) is 0 Å². The molecule has 1 aromatic carbocycles. The maximum absolute atomic E-state index is 12.6. The van der Waals surface area contributed by atoms with Crippen LogP contribution in [-0.2, 0) is 9.53 Å². The first-order valence-corrected chi connectivity index (χ1v) is 8.09. The number of carbonyl (C=O) groups is 1. The Morgan fingerprint density at radius 1 is 1.32 bits per heavy atom. The third kappa shape index (κ3) is 5.19. The van der Waals surface area contributed by atoms with Gasteiger partial charge in [0.2, 0.25) is 0 Å². The van der Waals surface area contributed by atoms with Crippen LogP contribution in [-0.4, -0.2) is 38.9 Å². The molecule has 3 rings (SSSR count). The van der Waals surface area contributed by atoms with E-state index in [1.54, 1.807) is 12.1 Å². The lowest BCUT2D eigenvalue weighted by Crippen LogP contribution is -2.31. The normalized spacial score (nSPS) is 22.4. The number of carbonyl (C=O) groups excluding carboxylic acids is 1. The molecular weight excluding hydrogens is 356 g/mol. The molecule has 8 heteroatoms. The Morgan fingerprint density at radius 2 is 2.08 bits per heavy atom. The van der Waals surface area contributed by atoms with Gasteiger partial charge in [-0.1, -0.05) is 6.07 Å². The second-order valence-corrected chi connectivity index (χ2v) is 6.26. The molecule has 1 saturated carbocycles. The van der Waals surface area contributed by atoms with Gasteiger partial charge in [-0.15, -0.1) is 12.4 Å². The van der Waals surface area contributed by atoms with Gasteiger partial charge in [-0.05, 0) is 48.8 Å². The van der Waals surface area contributed by atoms with E-state index in [4.69, 9.17) is 9.47 Å². The summed E-state index contributed by atoms with van der Waals surface area (Å²) in [6.07, 6.45) is 2.82. The Kier molecular flexibility index (Phi) is 6.84. The van der Waals surface area contributed by atoms with E-state index in [0.717, 1.165) is 18.4 Å². The van der Waals surface area contributed by atoms with Gasteiger partial charge in [-0.3, -0.25) is 4.79 Å². The van der Waals surface area contributed by atoms with Gasteiger partial charge in [-0.25, -0.2) is 0 Å². The average Bonchev–Trinajstić information content (AvgIpc) is 3.27. The number of hydrogen-bond donors (Lipinski definition) is 1. The highest BCUT2D eigenvalue weighted by Crippen LogP contribution is 2.37. The van der Waals surface area contributed by atoms with E-state index in [1.165, 1.54) is 13.2 Å². The topological polar surface area (TPSA) is 56.8 Å². The van der Waals surface area contributed by atoms with Gasteiger partial charge >= 0.3 is 12.6 Å². The minimum absolute atomic E-state index is 0. The summed E-state index contributed by atoms with van der Waals surface area (Å²) in [7, 11) is 1.36. The Hall–Kier alpha value is -1.60. The SMILES string of the molecule is COC(=O)C1CC(c2ccc(OC(F)F)c(OCC3CC3)c2)CN1.Cl. The molecule has 1 aromatic rings. The predicted octanol–water partition coefficient (Wildman–Crippen LogP) is 3.12. The largest absolute Gasteiger partial charge is 0.489 e. The molecule has 1 N–H and O–H groups in total. The monoisotopic (exact) mass is 377 g/mol. The first kappa shape index (κ1) is 19.7. The summed E-state index contributed by atoms with van der Waals surface area (Å²) < 4.78 is 40.1. The third-order valence-electron chi connectivity index (χ3n) is 4.44. The van der Waals surface area contributed by atoms with E-state index in [0.29, 0.717) is 31.2 Å². The Bertz CT molecular complexity index is 598. The van der Waals surface area contributed by atoms with E-state index < -0.39 is 6.61 Å². The number of halogens is 3. The number of benzene rings is 1. The zero-order valence-electron chi connectivity index (χ0n) is 13.9. The lowest BCUT2D eigenvalue weighted by molar-refractivity contribution is -0.142. The molecular formula is C17H22ClF2NO4. The molecule has 0 bridgehead atoms. The second kappa shape index (κ2) is 8.67. The van der Waals surface area contributed by atoms with Crippen LogP contribution in [0.15, 0.2) is 18.2 Å². The molecule has 1 heterocycles. The Balaban J connectivity index is 0.00000225. The fourth-order valence-corrected chi connectivity index (χ4v) is 2.89. The van der Waals surface area contributed by atoms with Crippen LogP contribution in [0.4, 0.5) is 8.78 Å². The van der Waals surface area contributed by atoms with Gasteiger partial charge in [-0.2, -0.15) is 8.78 Å². The van der Waals surface area contributed by atoms with Gasteiger partial charge in [0.25, 0.3) is 0 Å². The van der Waals surface area contributed by atoms with Crippen molar-refractivity contribution < 1.29 is 27.8 Å². The number of esters is 1. The minimum Gasteiger partial charge on any atom is -0.489 e. The first-order chi connectivity index (χ1) is 11.6. The molecule has 2 atom stereocenters. The van der Waals surface area contributed by atoms with Gasteiger partial charge < -0.3 is 19.5 Å². The maximum atomic E-state index is 12.6. The van der Waals surface area contributed by atoms with E-state index in [2.05, 4.69) is 10.1 Å². The molecule has 140 valence electrons. The van der Waals surface area contributed by atoms with Crippen LogP contribution in [0.2, 0.25) is 0 Å². The highest BCUT2D eigenvalue weighted by molar-refractivity contribution is 5.85. The molecule has 2 fully saturated rings. The van der Waals surface area contributed by atoms with Gasteiger partial charge in [0.1, 0.15) is 6.04 Å². The van der Waals surface area contributed by atoms with E-state index in [-0.39, 0.29) is 36.1 Å². The highest BCUT2D eigenvalue weighted by atomic mass is 35.5. The van der Waals surface area contributed by atoms with Crippen LogP contribution in [0.1, 0.15) is 30.7 Å². The quantitative estimate of drug-likeness (QED) is 0.740. The second-order valence-electron chi connectivity index (χ2n) is 6.26. The molecule has 5 nitrogen and oxygen atoms in total. The fraction of sp³-hybridized carbons (Fsp3) is 0.588. The molecule has 1 saturated heterocycles. The van der Waals surface area contributed by atoms with Crippen molar-refractivity contribution in [3.63, 3.8) is 0 Å². The van der Waals surface area contributed by atoms with Gasteiger partial charge in [0.05, 0.1) is 13.7 Å². The van der Waals surface area contributed by atoms with Crippen molar-refractivity contribution in [3.05, 3.63) is 23.8 Å². The molecule has 25 heavy (non-hydrogen) atoms. The molecule has 0 aromatic heterocycles. The third-order valence-corrected chi connectivity index (χ3v) is 4.44. The molecule has 2 unspecified atom stereocenters. The van der Waals surface area contributed by atoms with Crippen LogP contribution in [0.3, 0.4) is 0 Å². The molecule has 0 radical (unpaired) electrons. The summed E-state index contributed by atoms with van der Waals surface area (Å²) in [6, 6.07) is 4.66. The molecule has 0 spiro atoms. The molecule has 1 aliphatic heterocycles. The summed E-state index contributed by atoms with van der Waals surface area (Å²) >= 11 is 0. The first-order valence-electron chi connectivity index (χ1n) is 8.09. The van der Waals surface area contributed by atoms with Gasteiger partial charge in [0.15, 0.2) is 11.5 Å². The Labute approximate surface area is 151 Å². The van der Waals surface area contributed by atoms with E-state index >= 15 is 0 Å². The average molecular weight is 378 g/mol. The van der Waals surface area contributed by atoms with Crippen molar-refractivity contribution >= 4 is 18.4 Å². The number of ether oxygens (including phenoxy) is 3. The zero-order chi connectivity index (χ0) is 17.1. The van der Waals surface area contributed by atoms with Crippen LogP contribution >= 0.6 is 12.4 Å². The number of rotatable bonds is 7. The lowest BCUT2D eigenvalue weighted by atomic mass is 9.96. The van der Waals surface area contributed by atoms with Crippen LogP contribution in [0, 0.1) is 5.92 Å². The zero-order valence-corrected chi connectivity index (χ0v) is 14.7. The summed E-state index contributed by atoms with van der Waals surface area (Å²) in [5.41, 5.74) is 0.932. The minimum atomic E-state index is -2.89. The van der Waals surface area contributed by atoms with E-state index in [1.807, 2.05) is 0 Å². The summed E-state index contributed by atoms with van der Waals surface area (Å²) in [5, 5.41) is 3.12. The number of nitrogens with one attached hydrogen (secondary N) is 1. The maximum Gasteiger partial charge on any atom is 0.387 e. The number of hydrogen-bond acceptors (Lipinski definition) is 5. The molecule has 1 aliphatic carbocycles. The van der Waals surface area contributed by atoms with Crippen molar-refractivity contribution in [2.24, 2.45) is 5.92 Å². The number of alkyl halides is 2. The van der Waals surface area contributed by atoms with Crippen molar-refractivity contribution in [1.82, 2.24) is 5.32 Å². The van der Waals surface area contributed by atoms with Crippen LogP contribution < -0.4 is 14.8 Å². The lowest BCUT2D eigenvalue weighted by Gasteiger charge is -2.16. The predicted molar refractivity (Wildman–Crippen MR) is 89.7 cm³/mol. The van der Waals surface area contributed by atoms with E-state index in [9.17, 15) is 13.6 Å². The van der Waals surface area contributed by atoms with Crippen molar-refractivity contribution in [2.45, 2.75) is 37.8 Å². The molecule has 0 amide bonds. The van der Waals surface area contributed by atoms with Crippen molar-refractivity contribution in [1.29, 1.82) is 0 Å². The summed E-state index contributed by atoms with van der Waals surface area (Å²) in [5.74, 6) is 0.689. The van der Waals surface area contributed by atoms with Crippen LogP contribution in [0.5, 0.6) is 11.5 Å².